The lowest BCUT2D eigenvalue weighted by Gasteiger charge is -2.32. The van der Waals surface area contributed by atoms with Gasteiger partial charge < -0.3 is 25.6 Å². The van der Waals surface area contributed by atoms with E-state index in [2.05, 4.69) is 16.7 Å². The molecule has 0 aromatic heterocycles. The number of hydrogen-bond acceptors (Lipinski definition) is 6. The Kier molecular flexibility index (Phi) is 8.68. The maximum atomic E-state index is 13.2. The van der Waals surface area contributed by atoms with Crippen LogP contribution in [0.15, 0.2) is 18.2 Å². The molecule has 0 heterocycles. The summed E-state index contributed by atoms with van der Waals surface area (Å²) in [5, 5.41) is 24.7. The summed E-state index contributed by atoms with van der Waals surface area (Å²) in [6.45, 7) is 11.1. The number of aromatic hydroxyl groups is 1. The number of phenolic OH excluding ortho intramolecular Hbond substituents is 1. The van der Waals surface area contributed by atoms with Crippen LogP contribution in [0.1, 0.15) is 58.7 Å². The number of rotatable bonds is 6. The molecule has 1 aromatic carbocycles. The van der Waals surface area contributed by atoms with Crippen molar-refractivity contribution in [2.24, 2.45) is 0 Å². The maximum Gasteiger partial charge on any atom is 0.408 e. The van der Waals surface area contributed by atoms with Crippen LogP contribution in [0.5, 0.6) is 5.75 Å². The number of amides is 3. The number of ether oxygens (including phenoxy) is 1. The van der Waals surface area contributed by atoms with E-state index in [4.69, 9.17) is 11.2 Å². The lowest BCUT2D eigenvalue weighted by molar-refractivity contribution is -0.139. The van der Waals surface area contributed by atoms with E-state index >= 15 is 0 Å². The lowest BCUT2D eigenvalue weighted by atomic mass is 9.99. The van der Waals surface area contributed by atoms with Gasteiger partial charge in [0.1, 0.15) is 23.4 Å². The van der Waals surface area contributed by atoms with Crippen LogP contribution in [0.25, 0.3) is 0 Å². The predicted octanol–water partition coefficient (Wildman–Crippen LogP) is 1.96. The molecule has 0 aliphatic heterocycles. The number of aryl methyl sites for hydroxylation is 1. The topological polar surface area (TPSA) is 128 Å². The standard InChI is InChI=1S/C23H33N3O6/c1-9-26(20(30)16(13-27)24-21(31)32-23(6,7)8)18(19(29)25-22(3,4)5)15-10-11-17(28)14(2)12-15/h1,10-12,16,18,27-28H,13H2,2-8H3,(H,24,31)(H,25,29). The van der Waals surface area contributed by atoms with Gasteiger partial charge in [0.05, 0.1) is 6.61 Å². The monoisotopic (exact) mass is 447 g/mol. The summed E-state index contributed by atoms with van der Waals surface area (Å²) in [6, 6.07) is 3.88. The lowest BCUT2D eigenvalue weighted by Crippen LogP contribution is -2.54. The van der Waals surface area contributed by atoms with E-state index < -0.39 is 47.7 Å². The third-order valence-electron chi connectivity index (χ3n) is 4.09. The van der Waals surface area contributed by atoms with E-state index in [-0.39, 0.29) is 5.75 Å². The minimum atomic E-state index is -1.44. The Morgan fingerprint density at radius 1 is 1.19 bits per heavy atom. The molecule has 4 N–H and O–H groups in total. The molecule has 0 aliphatic rings. The minimum absolute atomic E-state index is 0.0159. The highest BCUT2D eigenvalue weighted by molar-refractivity contribution is 5.93. The summed E-state index contributed by atoms with van der Waals surface area (Å²) in [5.74, 6) is -1.43. The fourth-order valence-electron chi connectivity index (χ4n) is 2.77. The zero-order valence-corrected chi connectivity index (χ0v) is 19.6. The second-order valence-electron chi connectivity index (χ2n) is 9.41. The van der Waals surface area contributed by atoms with Crippen LogP contribution in [0.4, 0.5) is 4.79 Å². The Balaban J connectivity index is 3.36. The van der Waals surface area contributed by atoms with Gasteiger partial charge in [0, 0.05) is 11.6 Å². The second-order valence-corrected chi connectivity index (χ2v) is 9.41. The summed E-state index contributed by atoms with van der Waals surface area (Å²) in [6.07, 6.45) is 4.69. The third kappa shape index (κ3) is 7.78. The van der Waals surface area contributed by atoms with Crippen LogP contribution in [-0.4, -0.2) is 56.8 Å². The van der Waals surface area contributed by atoms with Crippen molar-refractivity contribution in [2.45, 2.75) is 71.7 Å². The Bertz CT molecular complexity index is 892. The van der Waals surface area contributed by atoms with Crippen molar-refractivity contribution in [3.8, 4) is 18.2 Å². The highest BCUT2D eigenvalue weighted by Gasteiger charge is 2.37. The molecule has 0 aliphatic carbocycles. The summed E-state index contributed by atoms with van der Waals surface area (Å²) < 4.78 is 5.13. The first-order valence-electron chi connectivity index (χ1n) is 10.1. The fourth-order valence-corrected chi connectivity index (χ4v) is 2.77. The van der Waals surface area contributed by atoms with Gasteiger partial charge in [-0.05, 0) is 71.7 Å². The number of benzene rings is 1. The van der Waals surface area contributed by atoms with Crippen LogP contribution in [0.2, 0.25) is 0 Å². The average Bonchev–Trinajstić information content (AvgIpc) is 2.63. The molecular formula is C23H33N3O6. The van der Waals surface area contributed by atoms with Crippen molar-refractivity contribution in [1.29, 1.82) is 0 Å². The number of phenols is 1. The number of alkyl carbamates (subject to hydrolysis) is 1. The summed E-state index contributed by atoms with van der Waals surface area (Å²) in [4.78, 5) is 39.2. The average molecular weight is 448 g/mol. The minimum Gasteiger partial charge on any atom is -0.508 e. The van der Waals surface area contributed by atoms with Gasteiger partial charge in [0.25, 0.3) is 5.91 Å². The first kappa shape index (κ1) is 26.8. The highest BCUT2D eigenvalue weighted by atomic mass is 16.6. The molecule has 0 radical (unpaired) electrons. The van der Waals surface area contributed by atoms with E-state index in [0.717, 1.165) is 4.90 Å². The fraction of sp³-hybridized carbons (Fsp3) is 0.522. The number of nitrogens with zero attached hydrogens (tertiary/aromatic N) is 1. The van der Waals surface area contributed by atoms with Crippen molar-refractivity contribution in [1.82, 2.24) is 15.5 Å². The molecule has 2 atom stereocenters. The second kappa shape index (κ2) is 10.4. The molecule has 32 heavy (non-hydrogen) atoms. The van der Waals surface area contributed by atoms with Gasteiger partial charge >= 0.3 is 6.09 Å². The Morgan fingerprint density at radius 3 is 2.22 bits per heavy atom. The van der Waals surface area contributed by atoms with Gasteiger partial charge in [0.15, 0.2) is 0 Å². The van der Waals surface area contributed by atoms with E-state index in [1.54, 1.807) is 48.5 Å². The largest absolute Gasteiger partial charge is 0.508 e. The molecule has 9 nitrogen and oxygen atoms in total. The van der Waals surface area contributed by atoms with Crippen LogP contribution >= 0.6 is 0 Å². The number of aliphatic hydroxyl groups excluding tert-OH is 1. The number of aliphatic hydroxyl groups is 1. The molecule has 176 valence electrons. The van der Waals surface area contributed by atoms with Crippen LogP contribution in [-0.2, 0) is 14.3 Å². The molecule has 3 amide bonds. The molecule has 2 unspecified atom stereocenters. The van der Waals surface area contributed by atoms with Crippen molar-refractivity contribution in [3.63, 3.8) is 0 Å². The number of hydrogen-bond donors (Lipinski definition) is 4. The van der Waals surface area contributed by atoms with Crippen molar-refractivity contribution in [3.05, 3.63) is 29.3 Å². The summed E-state index contributed by atoms with van der Waals surface area (Å²) in [7, 11) is 0. The maximum absolute atomic E-state index is 13.2. The first-order chi connectivity index (χ1) is 14.6. The number of terminal acetylenes is 1. The smallest absolute Gasteiger partial charge is 0.408 e. The van der Waals surface area contributed by atoms with Crippen molar-refractivity contribution >= 4 is 17.9 Å². The Morgan fingerprint density at radius 2 is 1.78 bits per heavy atom. The molecule has 0 spiro atoms. The Hall–Kier alpha value is -3.25. The molecule has 1 rings (SSSR count). The Labute approximate surface area is 189 Å². The molecule has 0 saturated carbocycles. The van der Waals surface area contributed by atoms with Gasteiger partial charge in [0.2, 0.25) is 5.91 Å². The van der Waals surface area contributed by atoms with E-state index in [0.29, 0.717) is 11.1 Å². The molecular weight excluding hydrogens is 414 g/mol. The quantitative estimate of drug-likeness (QED) is 0.390. The van der Waals surface area contributed by atoms with E-state index in [9.17, 15) is 24.6 Å². The van der Waals surface area contributed by atoms with Crippen LogP contribution in [0, 0.1) is 19.4 Å². The van der Waals surface area contributed by atoms with E-state index in [1.807, 2.05) is 0 Å². The zero-order chi connectivity index (χ0) is 24.9. The molecule has 0 fully saturated rings. The molecule has 9 heteroatoms. The SMILES string of the molecule is C#CN(C(=O)C(CO)NC(=O)OC(C)(C)C)C(C(=O)NC(C)(C)C)c1ccc(O)c(C)c1. The van der Waals surface area contributed by atoms with Crippen molar-refractivity contribution < 1.29 is 29.3 Å². The van der Waals surface area contributed by atoms with E-state index in [1.165, 1.54) is 18.2 Å². The predicted molar refractivity (Wildman–Crippen MR) is 119 cm³/mol. The zero-order valence-electron chi connectivity index (χ0n) is 19.6. The molecule has 1 aromatic rings. The summed E-state index contributed by atoms with van der Waals surface area (Å²) in [5.41, 5.74) is -0.624. The van der Waals surface area contributed by atoms with Gasteiger partial charge in [-0.2, -0.15) is 0 Å². The van der Waals surface area contributed by atoms with Gasteiger partial charge in [-0.25, -0.2) is 4.79 Å². The number of carbonyl (C=O) groups is 3. The summed E-state index contributed by atoms with van der Waals surface area (Å²) >= 11 is 0. The molecule has 0 bridgehead atoms. The van der Waals surface area contributed by atoms with Gasteiger partial charge in [-0.3, -0.25) is 14.5 Å². The number of nitrogens with one attached hydrogen (secondary N) is 2. The first-order valence-corrected chi connectivity index (χ1v) is 10.1. The van der Waals surface area contributed by atoms with Crippen LogP contribution < -0.4 is 10.6 Å². The highest BCUT2D eigenvalue weighted by Crippen LogP contribution is 2.27. The van der Waals surface area contributed by atoms with Gasteiger partial charge in [-0.15, -0.1) is 0 Å². The normalized spacial score (nSPS) is 13.3. The van der Waals surface area contributed by atoms with Crippen molar-refractivity contribution in [2.75, 3.05) is 6.61 Å². The molecule has 0 saturated heterocycles. The number of carbonyl (C=O) groups excluding carboxylic acids is 3. The van der Waals surface area contributed by atoms with Crippen LogP contribution in [0.3, 0.4) is 0 Å². The third-order valence-corrected chi connectivity index (χ3v) is 4.09. The van der Waals surface area contributed by atoms with Gasteiger partial charge in [-0.1, -0.05) is 12.5 Å².